The van der Waals surface area contributed by atoms with Gasteiger partial charge in [-0.25, -0.2) is 0 Å². The number of halogens is 3. The zero-order valence-corrected chi connectivity index (χ0v) is 14.7. The zero-order chi connectivity index (χ0) is 14.2. The molecule has 0 amide bonds. The molecule has 0 aromatic carbocycles. The monoisotopic (exact) mass is 356 g/mol. The van der Waals surface area contributed by atoms with Gasteiger partial charge in [0.1, 0.15) is 6.61 Å². The highest BCUT2D eigenvalue weighted by Crippen LogP contribution is 2.41. The molecular weight excluding hydrogens is 338 g/mol. The quantitative estimate of drug-likeness (QED) is 0.635. The van der Waals surface area contributed by atoms with Gasteiger partial charge >= 0.3 is 5.92 Å². The minimum atomic E-state index is -2.93. The second-order valence-corrected chi connectivity index (χ2v) is 12.4. The van der Waals surface area contributed by atoms with Gasteiger partial charge in [0.2, 0.25) is 0 Å². The van der Waals surface area contributed by atoms with Gasteiger partial charge in [0.15, 0.2) is 8.32 Å². The van der Waals surface area contributed by atoms with Gasteiger partial charge in [-0.2, -0.15) is 8.78 Å². The fraction of sp³-hybridized carbons (Fsp3) is 0.667. The summed E-state index contributed by atoms with van der Waals surface area (Å²) in [5.74, 6) is -2.93. The highest BCUT2D eigenvalue weighted by molar-refractivity contribution is 9.10. The summed E-state index contributed by atoms with van der Waals surface area (Å²) in [6.45, 7) is 9.54. The van der Waals surface area contributed by atoms with E-state index in [2.05, 4.69) is 15.9 Å². The van der Waals surface area contributed by atoms with E-state index < -0.39 is 20.8 Å². The van der Waals surface area contributed by atoms with Gasteiger partial charge in [0, 0.05) is 4.47 Å². The van der Waals surface area contributed by atoms with Crippen LogP contribution in [0.4, 0.5) is 8.78 Å². The van der Waals surface area contributed by atoms with Crippen LogP contribution < -0.4 is 0 Å². The van der Waals surface area contributed by atoms with E-state index in [0.717, 1.165) is 11.3 Å². The number of alkyl halides is 2. The second-order valence-electron chi connectivity index (χ2n) is 5.85. The van der Waals surface area contributed by atoms with Gasteiger partial charge in [-0.05, 0) is 45.5 Å². The van der Waals surface area contributed by atoms with Crippen LogP contribution in [0.2, 0.25) is 18.1 Å². The maximum atomic E-state index is 14.0. The van der Waals surface area contributed by atoms with Crippen molar-refractivity contribution in [2.75, 3.05) is 6.61 Å². The Morgan fingerprint density at radius 3 is 2.28 bits per heavy atom. The van der Waals surface area contributed by atoms with Crippen molar-refractivity contribution >= 4 is 35.6 Å². The predicted molar refractivity (Wildman–Crippen MR) is 79.1 cm³/mol. The number of rotatable bonds is 4. The van der Waals surface area contributed by atoms with Crippen molar-refractivity contribution in [3.8, 4) is 0 Å². The van der Waals surface area contributed by atoms with Crippen LogP contribution in [0.5, 0.6) is 0 Å². The van der Waals surface area contributed by atoms with Crippen molar-refractivity contribution in [2.45, 2.75) is 44.8 Å². The first kappa shape index (κ1) is 16.3. The van der Waals surface area contributed by atoms with Crippen molar-refractivity contribution < 1.29 is 13.2 Å². The van der Waals surface area contributed by atoms with E-state index in [9.17, 15) is 8.78 Å². The van der Waals surface area contributed by atoms with Gasteiger partial charge in [0.05, 0.1) is 4.88 Å². The van der Waals surface area contributed by atoms with Gasteiger partial charge in [-0.15, -0.1) is 11.3 Å². The highest BCUT2D eigenvalue weighted by Gasteiger charge is 2.42. The summed E-state index contributed by atoms with van der Waals surface area (Å²) < 4.78 is 34.2. The predicted octanol–water partition coefficient (Wildman–Crippen LogP) is 5.62. The molecule has 0 aliphatic carbocycles. The van der Waals surface area contributed by atoms with E-state index >= 15 is 0 Å². The first-order valence-electron chi connectivity index (χ1n) is 5.73. The molecule has 0 bridgehead atoms. The standard InChI is InChI=1S/C12H19BrF2OSSi/c1-11(2,3)18(4,5)16-8-12(14,15)10-9(13)6-7-17-10/h6-7H,8H2,1-5H3. The third kappa shape index (κ3) is 3.62. The Bertz CT molecular complexity index is 412. The van der Waals surface area contributed by atoms with Crippen LogP contribution in [-0.4, -0.2) is 14.9 Å². The molecule has 0 N–H and O–H groups in total. The lowest BCUT2D eigenvalue weighted by Crippen LogP contribution is -2.43. The molecule has 1 aromatic heterocycles. The normalized spacial score (nSPS) is 14.0. The molecule has 1 heterocycles. The molecular formula is C12H19BrF2OSSi. The molecule has 1 aromatic rings. The minimum Gasteiger partial charge on any atom is -0.410 e. The van der Waals surface area contributed by atoms with Crippen LogP contribution in [0.1, 0.15) is 25.6 Å². The molecule has 0 radical (unpaired) electrons. The summed E-state index contributed by atoms with van der Waals surface area (Å²) in [6, 6.07) is 1.64. The van der Waals surface area contributed by atoms with Gasteiger partial charge in [-0.1, -0.05) is 20.8 Å². The van der Waals surface area contributed by atoms with Crippen LogP contribution in [0, 0.1) is 0 Å². The van der Waals surface area contributed by atoms with Gasteiger partial charge in [-0.3, -0.25) is 0 Å². The molecule has 0 saturated heterocycles. The summed E-state index contributed by atoms with van der Waals surface area (Å²) in [5, 5.41) is 1.59. The van der Waals surface area contributed by atoms with Crippen LogP contribution in [0.15, 0.2) is 15.9 Å². The maximum Gasteiger partial charge on any atom is 0.304 e. The van der Waals surface area contributed by atoms with E-state index in [1.54, 1.807) is 11.4 Å². The lowest BCUT2D eigenvalue weighted by Gasteiger charge is -2.37. The van der Waals surface area contributed by atoms with Crippen molar-refractivity contribution in [2.24, 2.45) is 0 Å². The van der Waals surface area contributed by atoms with Crippen LogP contribution in [0.3, 0.4) is 0 Å². The largest absolute Gasteiger partial charge is 0.410 e. The Balaban J connectivity index is 2.77. The Morgan fingerprint density at radius 1 is 1.33 bits per heavy atom. The topological polar surface area (TPSA) is 9.23 Å². The average molecular weight is 357 g/mol. The lowest BCUT2D eigenvalue weighted by molar-refractivity contribution is -0.0482. The fourth-order valence-corrected chi connectivity index (χ4v) is 3.71. The minimum absolute atomic E-state index is 0.0428. The summed E-state index contributed by atoms with van der Waals surface area (Å²) in [5.41, 5.74) is 0. The molecule has 6 heteroatoms. The molecule has 18 heavy (non-hydrogen) atoms. The Morgan fingerprint density at radius 2 is 1.89 bits per heavy atom. The first-order chi connectivity index (χ1) is 7.97. The van der Waals surface area contributed by atoms with Crippen LogP contribution in [0.25, 0.3) is 0 Å². The molecule has 0 fully saturated rings. The van der Waals surface area contributed by atoms with Crippen molar-refractivity contribution in [1.82, 2.24) is 0 Å². The molecule has 0 spiro atoms. The molecule has 0 saturated carbocycles. The van der Waals surface area contributed by atoms with E-state index in [-0.39, 0.29) is 9.92 Å². The second kappa shape index (κ2) is 5.30. The molecule has 0 atom stereocenters. The highest BCUT2D eigenvalue weighted by atomic mass is 79.9. The molecule has 0 unspecified atom stereocenters. The Kier molecular flexibility index (Phi) is 4.79. The maximum absolute atomic E-state index is 14.0. The smallest absolute Gasteiger partial charge is 0.304 e. The summed E-state index contributed by atoms with van der Waals surface area (Å²) in [4.78, 5) is 0.0428. The van der Waals surface area contributed by atoms with E-state index in [1.165, 1.54) is 0 Å². The third-order valence-electron chi connectivity index (χ3n) is 3.37. The third-order valence-corrected chi connectivity index (χ3v) is 9.80. The fourth-order valence-electron chi connectivity index (χ4n) is 1.11. The van der Waals surface area contributed by atoms with Gasteiger partial charge < -0.3 is 4.43 Å². The van der Waals surface area contributed by atoms with Crippen molar-refractivity contribution in [3.05, 3.63) is 20.8 Å². The zero-order valence-electron chi connectivity index (χ0n) is 11.3. The molecule has 1 rings (SSSR count). The molecule has 0 aliphatic rings. The summed E-state index contributed by atoms with van der Waals surface area (Å²) in [7, 11) is -2.14. The number of hydrogen-bond acceptors (Lipinski definition) is 2. The molecule has 1 nitrogen and oxygen atoms in total. The number of thiophene rings is 1. The lowest BCUT2D eigenvalue weighted by atomic mass is 10.2. The van der Waals surface area contributed by atoms with Gasteiger partial charge in [0.25, 0.3) is 0 Å². The van der Waals surface area contributed by atoms with Crippen LogP contribution in [-0.2, 0) is 10.3 Å². The average Bonchev–Trinajstić information content (AvgIpc) is 2.61. The van der Waals surface area contributed by atoms with Crippen molar-refractivity contribution in [1.29, 1.82) is 0 Å². The summed E-state index contributed by atoms with van der Waals surface area (Å²) >= 11 is 4.20. The van der Waals surface area contributed by atoms with E-state index in [4.69, 9.17) is 4.43 Å². The Labute approximate surface area is 121 Å². The van der Waals surface area contributed by atoms with E-state index in [1.807, 2.05) is 33.9 Å². The molecule has 104 valence electrons. The summed E-state index contributed by atoms with van der Waals surface area (Å²) in [6.07, 6.45) is 0. The van der Waals surface area contributed by atoms with E-state index in [0.29, 0.717) is 4.47 Å². The number of hydrogen-bond donors (Lipinski definition) is 0. The van der Waals surface area contributed by atoms with Crippen LogP contribution >= 0.6 is 27.3 Å². The van der Waals surface area contributed by atoms with Crippen molar-refractivity contribution in [3.63, 3.8) is 0 Å². The first-order valence-corrected chi connectivity index (χ1v) is 10.3. The SMILES string of the molecule is CC(C)(C)[Si](C)(C)OCC(F)(F)c1sccc1Br. The molecule has 0 aliphatic heterocycles. The Hall–Kier alpha value is 0.217.